The predicted octanol–water partition coefficient (Wildman–Crippen LogP) is 3.52. The summed E-state index contributed by atoms with van der Waals surface area (Å²) in [5.74, 6) is 2.23. The molecule has 0 nitrogen and oxygen atoms in total. The van der Waals surface area contributed by atoms with Crippen molar-refractivity contribution in [1.82, 2.24) is 0 Å². The highest BCUT2D eigenvalue weighted by Crippen LogP contribution is 2.25. The molecule has 0 aliphatic carbocycles. The van der Waals surface area contributed by atoms with E-state index in [0.717, 1.165) is 24.3 Å². The van der Waals surface area contributed by atoms with E-state index in [2.05, 4.69) is 50.5 Å². The highest BCUT2D eigenvalue weighted by atomic mass is 33.1. The number of hydrogen-bond donors (Lipinski definition) is 4. The standard InChI is InChI=1S/C6H14S6/c7-5(8)1-3-11-12-4-2-6(9)10/h5-10H,1-4H2. The van der Waals surface area contributed by atoms with Crippen molar-refractivity contribution in [3.63, 3.8) is 0 Å². The Hall–Kier alpha value is 2.10. The molecule has 0 fully saturated rings. The van der Waals surface area contributed by atoms with Gasteiger partial charge in [0, 0.05) is 20.7 Å². The summed E-state index contributed by atoms with van der Waals surface area (Å²) >= 11 is 16.7. The van der Waals surface area contributed by atoms with Crippen molar-refractivity contribution < 1.29 is 0 Å². The zero-order chi connectivity index (χ0) is 9.40. The smallest absolute Gasteiger partial charge is 0.0450 e. The lowest BCUT2D eigenvalue weighted by Crippen LogP contribution is -1.90. The lowest BCUT2D eigenvalue weighted by molar-refractivity contribution is 1.08. The molecule has 0 aromatic heterocycles. The lowest BCUT2D eigenvalue weighted by Gasteiger charge is -2.03. The largest absolute Gasteiger partial charge is 0.165 e. The molecule has 0 aliphatic heterocycles. The van der Waals surface area contributed by atoms with Gasteiger partial charge in [-0.05, 0) is 12.8 Å². The van der Waals surface area contributed by atoms with Crippen LogP contribution in [-0.4, -0.2) is 20.7 Å². The second-order valence-electron chi connectivity index (χ2n) is 2.18. The summed E-state index contributed by atoms with van der Waals surface area (Å²) < 4.78 is 0.446. The van der Waals surface area contributed by atoms with Gasteiger partial charge < -0.3 is 0 Å². The van der Waals surface area contributed by atoms with Crippen molar-refractivity contribution in [2.24, 2.45) is 0 Å². The molecule has 12 heavy (non-hydrogen) atoms. The van der Waals surface area contributed by atoms with Gasteiger partial charge >= 0.3 is 0 Å². The fourth-order valence-corrected chi connectivity index (χ4v) is 3.82. The van der Waals surface area contributed by atoms with Crippen molar-refractivity contribution >= 4 is 72.1 Å². The van der Waals surface area contributed by atoms with Gasteiger partial charge in [0.25, 0.3) is 0 Å². The van der Waals surface area contributed by atoms with Gasteiger partial charge in [0.05, 0.1) is 0 Å². The van der Waals surface area contributed by atoms with Crippen LogP contribution >= 0.6 is 72.1 Å². The first kappa shape index (κ1) is 14.1. The summed E-state index contributed by atoms with van der Waals surface area (Å²) in [5.41, 5.74) is 0. The quantitative estimate of drug-likeness (QED) is 0.243. The zero-order valence-electron chi connectivity index (χ0n) is 6.59. The molecular formula is C6H14S6. The molecular weight excluding hydrogens is 264 g/mol. The molecule has 0 aromatic carbocycles. The average molecular weight is 279 g/mol. The lowest BCUT2D eigenvalue weighted by atomic mass is 10.6. The molecule has 0 unspecified atom stereocenters. The van der Waals surface area contributed by atoms with E-state index in [1.54, 1.807) is 0 Å². The van der Waals surface area contributed by atoms with Gasteiger partial charge in [-0.25, -0.2) is 0 Å². The third-order valence-electron chi connectivity index (χ3n) is 1.00. The maximum Gasteiger partial charge on any atom is 0.0450 e. The van der Waals surface area contributed by atoms with E-state index in [0.29, 0.717) is 0 Å². The minimum Gasteiger partial charge on any atom is -0.165 e. The molecule has 74 valence electrons. The number of hydrogen-bond acceptors (Lipinski definition) is 6. The third-order valence-corrected chi connectivity index (χ3v) is 4.51. The molecule has 0 atom stereocenters. The maximum atomic E-state index is 4.17. The van der Waals surface area contributed by atoms with Crippen molar-refractivity contribution in [3.05, 3.63) is 0 Å². The summed E-state index contributed by atoms with van der Waals surface area (Å²) in [6.07, 6.45) is 2.10. The monoisotopic (exact) mass is 278 g/mol. The Balaban J connectivity index is 2.91. The molecule has 0 N–H and O–H groups in total. The van der Waals surface area contributed by atoms with Gasteiger partial charge in [-0.3, -0.25) is 0 Å². The van der Waals surface area contributed by atoms with Crippen molar-refractivity contribution in [1.29, 1.82) is 0 Å². The molecule has 0 heterocycles. The van der Waals surface area contributed by atoms with Crippen LogP contribution in [0.3, 0.4) is 0 Å². The van der Waals surface area contributed by atoms with E-state index in [1.807, 2.05) is 21.6 Å². The second kappa shape index (κ2) is 9.65. The Morgan fingerprint density at radius 2 is 1.08 bits per heavy atom. The van der Waals surface area contributed by atoms with Gasteiger partial charge in [-0.2, -0.15) is 50.5 Å². The molecule has 0 radical (unpaired) electrons. The molecule has 0 bridgehead atoms. The molecule has 0 saturated heterocycles. The molecule has 0 spiro atoms. The summed E-state index contributed by atoms with van der Waals surface area (Å²) in [7, 11) is 3.75. The van der Waals surface area contributed by atoms with E-state index in [-0.39, 0.29) is 9.16 Å². The minimum absolute atomic E-state index is 0.223. The minimum atomic E-state index is 0.223. The van der Waals surface area contributed by atoms with Crippen LogP contribution in [0.15, 0.2) is 0 Å². The fraction of sp³-hybridized carbons (Fsp3) is 1.00. The van der Waals surface area contributed by atoms with Crippen LogP contribution < -0.4 is 0 Å². The van der Waals surface area contributed by atoms with Crippen LogP contribution in [0.25, 0.3) is 0 Å². The molecule has 0 aromatic rings. The maximum absolute atomic E-state index is 4.17. The number of thiol groups is 4. The molecule has 6 heteroatoms. The van der Waals surface area contributed by atoms with E-state index in [4.69, 9.17) is 0 Å². The van der Waals surface area contributed by atoms with Crippen LogP contribution in [0.5, 0.6) is 0 Å². The van der Waals surface area contributed by atoms with Crippen molar-refractivity contribution in [3.8, 4) is 0 Å². The normalized spacial score (nSPS) is 11.5. The van der Waals surface area contributed by atoms with Crippen molar-refractivity contribution in [2.45, 2.75) is 22.0 Å². The van der Waals surface area contributed by atoms with Crippen LogP contribution in [0.4, 0.5) is 0 Å². The summed E-state index contributed by atoms with van der Waals surface area (Å²) in [6.45, 7) is 0. The highest BCUT2D eigenvalue weighted by Gasteiger charge is 1.98. The van der Waals surface area contributed by atoms with Gasteiger partial charge in [0.1, 0.15) is 0 Å². The Labute approximate surface area is 105 Å². The van der Waals surface area contributed by atoms with E-state index >= 15 is 0 Å². The molecule has 0 saturated carbocycles. The predicted molar refractivity (Wildman–Crippen MR) is 77.7 cm³/mol. The Morgan fingerprint density at radius 1 is 0.750 bits per heavy atom. The second-order valence-corrected chi connectivity index (χ2v) is 8.19. The highest BCUT2D eigenvalue weighted by molar-refractivity contribution is 8.76. The summed E-state index contributed by atoms with van der Waals surface area (Å²) in [4.78, 5) is 0. The topological polar surface area (TPSA) is 0 Å². The molecule has 0 aliphatic rings. The summed E-state index contributed by atoms with van der Waals surface area (Å²) in [6, 6.07) is 0. The summed E-state index contributed by atoms with van der Waals surface area (Å²) in [5, 5.41) is 0. The first-order valence-electron chi connectivity index (χ1n) is 3.59. The Morgan fingerprint density at radius 3 is 1.33 bits per heavy atom. The third kappa shape index (κ3) is 12.1. The Kier molecular flexibility index (Phi) is 11.3. The first-order chi connectivity index (χ1) is 5.63. The van der Waals surface area contributed by atoms with Crippen LogP contribution in [-0.2, 0) is 0 Å². The van der Waals surface area contributed by atoms with Gasteiger partial charge in [-0.1, -0.05) is 21.6 Å². The van der Waals surface area contributed by atoms with E-state index < -0.39 is 0 Å². The average Bonchev–Trinajstić information content (AvgIpc) is 1.95. The molecule has 0 rings (SSSR count). The van der Waals surface area contributed by atoms with Crippen LogP contribution in [0.1, 0.15) is 12.8 Å². The van der Waals surface area contributed by atoms with Gasteiger partial charge in [0.2, 0.25) is 0 Å². The number of rotatable bonds is 7. The SMILES string of the molecule is SC(S)CCSSCCC(S)S. The van der Waals surface area contributed by atoms with Gasteiger partial charge in [0.15, 0.2) is 0 Å². The van der Waals surface area contributed by atoms with Crippen LogP contribution in [0.2, 0.25) is 0 Å². The van der Waals surface area contributed by atoms with Crippen LogP contribution in [0, 0.1) is 0 Å². The fourth-order valence-electron chi connectivity index (χ4n) is 0.425. The molecule has 0 amide bonds. The van der Waals surface area contributed by atoms with Gasteiger partial charge in [-0.15, -0.1) is 0 Å². The Bertz CT molecular complexity index is 82.0. The van der Waals surface area contributed by atoms with E-state index in [1.165, 1.54) is 0 Å². The first-order valence-corrected chi connectivity index (χ1v) is 8.15. The van der Waals surface area contributed by atoms with E-state index in [9.17, 15) is 0 Å². The van der Waals surface area contributed by atoms with Crippen molar-refractivity contribution in [2.75, 3.05) is 11.5 Å². The zero-order valence-corrected chi connectivity index (χ0v) is 11.8.